The highest BCUT2D eigenvalue weighted by Crippen LogP contribution is 2.19. The van der Waals surface area contributed by atoms with Crippen molar-refractivity contribution in [2.75, 3.05) is 22.3 Å². The van der Waals surface area contributed by atoms with Crippen molar-refractivity contribution in [2.45, 2.75) is 5.16 Å². The van der Waals surface area contributed by atoms with E-state index < -0.39 is 0 Å². The van der Waals surface area contributed by atoms with Crippen LogP contribution in [0.4, 0.5) is 11.6 Å². The van der Waals surface area contributed by atoms with Crippen LogP contribution >= 0.6 is 39.3 Å². The first-order valence-electron chi connectivity index (χ1n) is 7.94. The first-order chi connectivity index (χ1) is 13.5. The summed E-state index contributed by atoms with van der Waals surface area (Å²) in [5.74, 6) is 6.10. The van der Waals surface area contributed by atoms with E-state index in [1.807, 2.05) is 24.3 Å². The molecule has 3 rings (SSSR count). The van der Waals surface area contributed by atoms with Crippen LogP contribution in [0.1, 0.15) is 5.56 Å². The molecule has 8 nitrogen and oxygen atoms in total. The van der Waals surface area contributed by atoms with E-state index in [0.717, 1.165) is 21.8 Å². The molecule has 0 aliphatic heterocycles. The molecular formula is C17H15BrClN7OS. The molecule has 0 radical (unpaired) electrons. The summed E-state index contributed by atoms with van der Waals surface area (Å²) < 4.78 is 2.22. The van der Waals surface area contributed by atoms with Gasteiger partial charge in [-0.15, -0.1) is 10.2 Å². The monoisotopic (exact) mass is 479 g/mol. The topological polar surface area (TPSA) is 110 Å². The molecule has 11 heteroatoms. The Hall–Kier alpha value is -2.56. The zero-order valence-corrected chi connectivity index (χ0v) is 17.5. The van der Waals surface area contributed by atoms with E-state index in [4.69, 9.17) is 17.4 Å². The predicted molar refractivity (Wildman–Crippen MR) is 116 cm³/mol. The molecule has 0 saturated carbocycles. The fraction of sp³-hybridized carbons (Fsp3) is 0.0588. The smallest absolute Gasteiger partial charge is 0.264 e. The number of aromatic nitrogens is 3. The number of carbonyl (C=O) groups excluding carboxylic acids is 1. The zero-order chi connectivity index (χ0) is 19.9. The van der Waals surface area contributed by atoms with Gasteiger partial charge in [-0.2, -0.15) is 5.10 Å². The number of anilines is 2. The van der Waals surface area contributed by atoms with Crippen molar-refractivity contribution in [1.82, 2.24) is 14.9 Å². The Morgan fingerprint density at radius 1 is 1.29 bits per heavy atom. The first kappa shape index (κ1) is 20.2. The fourth-order valence-corrected chi connectivity index (χ4v) is 3.17. The molecule has 28 heavy (non-hydrogen) atoms. The summed E-state index contributed by atoms with van der Waals surface area (Å²) in [5.41, 5.74) is 4.25. The number of carbonyl (C=O) groups is 1. The number of thioether (sulfide) groups is 1. The molecule has 0 bridgehead atoms. The molecule has 0 aliphatic carbocycles. The Kier molecular flexibility index (Phi) is 6.90. The van der Waals surface area contributed by atoms with E-state index >= 15 is 0 Å². The maximum atomic E-state index is 12.1. The lowest BCUT2D eigenvalue weighted by molar-refractivity contribution is -0.113. The fourth-order valence-electron chi connectivity index (χ4n) is 2.06. The van der Waals surface area contributed by atoms with Crippen LogP contribution in [0.25, 0.3) is 0 Å². The first-order valence-corrected chi connectivity index (χ1v) is 10.1. The average molecular weight is 481 g/mol. The van der Waals surface area contributed by atoms with Crippen molar-refractivity contribution in [1.29, 1.82) is 0 Å². The number of halogens is 2. The molecule has 0 fully saturated rings. The number of nitrogens with two attached hydrogens (primary N) is 1. The molecule has 0 aliphatic rings. The van der Waals surface area contributed by atoms with Crippen LogP contribution in [0.3, 0.4) is 0 Å². The molecule has 2 aromatic carbocycles. The summed E-state index contributed by atoms with van der Waals surface area (Å²) in [4.78, 5) is 12.1. The molecule has 4 N–H and O–H groups in total. The lowest BCUT2D eigenvalue weighted by Crippen LogP contribution is -2.16. The summed E-state index contributed by atoms with van der Waals surface area (Å²) in [6.45, 7) is 0. The summed E-state index contributed by atoms with van der Waals surface area (Å²) in [6, 6.07) is 14.5. The van der Waals surface area contributed by atoms with Gasteiger partial charge in [0.25, 0.3) is 5.95 Å². The molecular weight excluding hydrogens is 466 g/mol. The van der Waals surface area contributed by atoms with Crippen LogP contribution in [0.5, 0.6) is 0 Å². The minimum Gasteiger partial charge on any atom is -0.334 e. The third kappa shape index (κ3) is 5.72. The Morgan fingerprint density at radius 3 is 2.82 bits per heavy atom. The number of nitrogens with zero attached hydrogens (tertiary/aromatic N) is 4. The maximum absolute atomic E-state index is 12.1. The van der Waals surface area contributed by atoms with Gasteiger partial charge >= 0.3 is 0 Å². The van der Waals surface area contributed by atoms with Crippen LogP contribution in [-0.4, -0.2) is 32.7 Å². The summed E-state index contributed by atoms with van der Waals surface area (Å²) in [7, 11) is 0. The number of nitrogen functional groups attached to an aromatic ring is 1. The van der Waals surface area contributed by atoms with Crippen LogP contribution in [0, 0.1) is 0 Å². The number of hydrazone groups is 1. The van der Waals surface area contributed by atoms with E-state index in [9.17, 15) is 4.79 Å². The van der Waals surface area contributed by atoms with Crippen molar-refractivity contribution >= 4 is 63.1 Å². The second-order valence-corrected chi connectivity index (χ2v) is 7.74. The lowest BCUT2D eigenvalue weighted by Gasteiger charge is -2.05. The van der Waals surface area contributed by atoms with Gasteiger partial charge in [0.2, 0.25) is 11.1 Å². The minimum atomic E-state index is -0.210. The molecule has 0 saturated heterocycles. The van der Waals surface area contributed by atoms with Gasteiger partial charge in [0.05, 0.1) is 12.0 Å². The third-order valence-corrected chi connectivity index (χ3v) is 5.06. The molecule has 3 aromatic rings. The molecule has 144 valence electrons. The molecule has 0 unspecified atom stereocenters. The standard InChI is InChI=1S/C17H15BrClN7OS/c18-12-6-4-11(5-7-12)9-21-23-16-24-25-17(26(16)20)28-10-15(27)22-14-3-1-2-13(19)8-14/h1-9H,10,20H2,(H,22,27)(H,23,24)/b21-9+. The summed E-state index contributed by atoms with van der Waals surface area (Å²) in [5, 5.41) is 15.6. The van der Waals surface area contributed by atoms with Gasteiger partial charge in [0, 0.05) is 15.2 Å². The Labute approximate surface area is 178 Å². The third-order valence-electron chi connectivity index (χ3n) is 3.35. The predicted octanol–water partition coefficient (Wildman–Crippen LogP) is 3.58. The van der Waals surface area contributed by atoms with Gasteiger partial charge < -0.3 is 11.2 Å². The Bertz CT molecular complexity index is 993. The molecule has 0 spiro atoms. The van der Waals surface area contributed by atoms with Crippen molar-refractivity contribution < 1.29 is 4.79 Å². The average Bonchev–Trinajstić information content (AvgIpc) is 3.02. The zero-order valence-electron chi connectivity index (χ0n) is 14.3. The molecule has 1 amide bonds. The van der Waals surface area contributed by atoms with Crippen LogP contribution in [0.2, 0.25) is 5.02 Å². The highest BCUT2D eigenvalue weighted by atomic mass is 79.9. The number of benzene rings is 2. The van der Waals surface area contributed by atoms with Gasteiger partial charge in [-0.1, -0.05) is 57.5 Å². The van der Waals surface area contributed by atoms with Gasteiger partial charge in [0.1, 0.15) is 0 Å². The minimum absolute atomic E-state index is 0.115. The van der Waals surface area contributed by atoms with Gasteiger partial charge in [-0.25, -0.2) is 10.1 Å². The molecule has 1 heterocycles. The quantitative estimate of drug-likeness (QED) is 0.206. The maximum Gasteiger partial charge on any atom is 0.264 e. The van der Waals surface area contributed by atoms with Crippen LogP contribution in [0.15, 0.2) is 63.3 Å². The summed E-state index contributed by atoms with van der Waals surface area (Å²) >= 11 is 10.4. The molecule has 1 aromatic heterocycles. The highest BCUT2D eigenvalue weighted by Gasteiger charge is 2.12. The number of rotatable bonds is 7. The van der Waals surface area contributed by atoms with Gasteiger partial charge in [0.15, 0.2) is 0 Å². The number of nitrogens with one attached hydrogen (secondary N) is 2. The lowest BCUT2D eigenvalue weighted by atomic mass is 10.2. The summed E-state index contributed by atoms with van der Waals surface area (Å²) in [6.07, 6.45) is 1.63. The van der Waals surface area contributed by atoms with E-state index in [1.54, 1.807) is 30.5 Å². The Balaban J connectivity index is 1.52. The van der Waals surface area contributed by atoms with E-state index in [2.05, 4.69) is 42.0 Å². The van der Waals surface area contributed by atoms with Crippen LogP contribution < -0.4 is 16.6 Å². The Morgan fingerprint density at radius 2 is 2.07 bits per heavy atom. The van der Waals surface area contributed by atoms with E-state index in [-0.39, 0.29) is 17.6 Å². The van der Waals surface area contributed by atoms with Gasteiger partial charge in [-0.05, 0) is 35.9 Å². The number of amides is 1. The highest BCUT2D eigenvalue weighted by molar-refractivity contribution is 9.10. The molecule has 0 atom stereocenters. The van der Waals surface area contributed by atoms with E-state index in [0.29, 0.717) is 15.9 Å². The van der Waals surface area contributed by atoms with Gasteiger partial charge in [-0.3, -0.25) is 4.79 Å². The van der Waals surface area contributed by atoms with Crippen molar-refractivity contribution in [2.24, 2.45) is 5.10 Å². The van der Waals surface area contributed by atoms with Crippen molar-refractivity contribution in [3.8, 4) is 0 Å². The number of hydrogen-bond acceptors (Lipinski definition) is 7. The number of hydrogen-bond donors (Lipinski definition) is 3. The normalized spacial score (nSPS) is 10.9. The van der Waals surface area contributed by atoms with E-state index in [1.165, 1.54) is 4.68 Å². The second-order valence-electron chi connectivity index (χ2n) is 5.44. The van der Waals surface area contributed by atoms with Crippen LogP contribution in [-0.2, 0) is 4.79 Å². The largest absolute Gasteiger partial charge is 0.334 e. The second kappa shape index (κ2) is 9.58. The van der Waals surface area contributed by atoms with Crippen molar-refractivity contribution in [3.63, 3.8) is 0 Å². The van der Waals surface area contributed by atoms with Crippen molar-refractivity contribution in [3.05, 3.63) is 63.6 Å². The SMILES string of the molecule is Nn1c(N/N=C/c2ccc(Br)cc2)nnc1SCC(=O)Nc1cccc(Cl)c1.